The third kappa shape index (κ3) is 2.44. The quantitative estimate of drug-likeness (QED) is 0.560. The molecule has 3 aromatic carbocycles. The molecule has 0 bridgehead atoms. The molecule has 0 fully saturated rings. The van der Waals surface area contributed by atoms with Crippen molar-refractivity contribution in [2.45, 2.75) is 13.0 Å². The highest BCUT2D eigenvalue weighted by molar-refractivity contribution is 6.07. The third-order valence-electron chi connectivity index (χ3n) is 4.47. The highest BCUT2D eigenvalue weighted by Crippen LogP contribution is 2.25. The summed E-state index contributed by atoms with van der Waals surface area (Å²) in [6, 6.07) is 22.2. The molecular formula is C21H18N2O. The predicted octanol–water partition coefficient (Wildman–Crippen LogP) is 4.81. The largest absolute Gasteiger partial charge is 0.360 e. The average molecular weight is 314 g/mol. The van der Waals surface area contributed by atoms with E-state index >= 15 is 0 Å². The van der Waals surface area contributed by atoms with Gasteiger partial charge in [-0.1, -0.05) is 60.7 Å². The minimum atomic E-state index is -0.0720. The molecular weight excluding hydrogens is 296 g/mol. The van der Waals surface area contributed by atoms with Gasteiger partial charge in [0.05, 0.1) is 11.6 Å². The molecule has 4 rings (SSSR count). The fourth-order valence-electron chi connectivity index (χ4n) is 3.24. The molecule has 0 saturated heterocycles. The molecule has 2 N–H and O–H groups in total. The number of hydrogen-bond donors (Lipinski definition) is 2. The van der Waals surface area contributed by atoms with Crippen molar-refractivity contribution >= 4 is 27.6 Å². The fourth-order valence-corrected chi connectivity index (χ4v) is 3.24. The molecule has 1 amide bonds. The van der Waals surface area contributed by atoms with Gasteiger partial charge >= 0.3 is 0 Å². The Kier molecular flexibility index (Phi) is 3.54. The normalized spacial score (nSPS) is 12.4. The number of benzene rings is 3. The minimum Gasteiger partial charge on any atom is -0.360 e. The predicted molar refractivity (Wildman–Crippen MR) is 98.1 cm³/mol. The van der Waals surface area contributed by atoms with Crippen molar-refractivity contribution in [1.29, 1.82) is 0 Å². The summed E-state index contributed by atoms with van der Waals surface area (Å²) in [5.41, 5.74) is 2.78. The summed E-state index contributed by atoms with van der Waals surface area (Å²) in [6.45, 7) is 2.02. The smallest absolute Gasteiger partial charge is 0.253 e. The highest BCUT2D eigenvalue weighted by Gasteiger charge is 2.16. The molecule has 0 aliphatic rings. The van der Waals surface area contributed by atoms with Crippen LogP contribution in [0.1, 0.15) is 28.9 Å². The Hall–Kier alpha value is -3.07. The van der Waals surface area contributed by atoms with Crippen molar-refractivity contribution < 1.29 is 4.79 Å². The molecule has 24 heavy (non-hydrogen) atoms. The first-order valence-electron chi connectivity index (χ1n) is 8.08. The lowest BCUT2D eigenvalue weighted by Gasteiger charge is -2.16. The summed E-state index contributed by atoms with van der Waals surface area (Å²) in [4.78, 5) is 15.9. The van der Waals surface area contributed by atoms with Crippen LogP contribution >= 0.6 is 0 Å². The van der Waals surface area contributed by atoms with Crippen LogP contribution in [0.25, 0.3) is 21.7 Å². The van der Waals surface area contributed by atoms with Gasteiger partial charge in [0.15, 0.2) is 0 Å². The van der Waals surface area contributed by atoms with Crippen LogP contribution in [0.15, 0.2) is 72.9 Å². The number of amides is 1. The van der Waals surface area contributed by atoms with E-state index < -0.39 is 0 Å². The Morgan fingerprint density at radius 3 is 2.50 bits per heavy atom. The van der Waals surface area contributed by atoms with Crippen LogP contribution in [-0.2, 0) is 0 Å². The van der Waals surface area contributed by atoms with Gasteiger partial charge in [-0.05, 0) is 29.3 Å². The number of H-pyrrole nitrogens is 1. The minimum absolute atomic E-state index is 0.0621. The summed E-state index contributed by atoms with van der Waals surface area (Å²) >= 11 is 0. The van der Waals surface area contributed by atoms with Crippen LogP contribution in [-0.4, -0.2) is 10.9 Å². The monoisotopic (exact) mass is 314 g/mol. The molecule has 0 saturated carbocycles. The Morgan fingerprint density at radius 2 is 1.62 bits per heavy atom. The number of carbonyl (C=O) groups excluding carboxylic acids is 1. The van der Waals surface area contributed by atoms with Gasteiger partial charge < -0.3 is 10.3 Å². The molecule has 3 heteroatoms. The first kappa shape index (κ1) is 14.5. The van der Waals surface area contributed by atoms with E-state index in [9.17, 15) is 4.79 Å². The van der Waals surface area contributed by atoms with Crippen LogP contribution in [0.2, 0.25) is 0 Å². The fraction of sp³-hybridized carbons (Fsp3) is 0.0952. The number of aromatic nitrogens is 1. The van der Waals surface area contributed by atoms with E-state index in [0.717, 1.165) is 16.5 Å². The van der Waals surface area contributed by atoms with Gasteiger partial charge in [-0.2, -0.15) is 0 Å². The number of hydrogen-bond acceptors (Lipinski definition) is 1. The van der Waals surface area contributed by atoms with Gasteiger partial charge in [0.2, 0.25) is 0 Å². The number of rotatable bonds is 3. The number of nitrogens with one attached hydrogen (secondary N) is 2. The van der Waals surface area contributed by atoms with Crippen molar-refractivity contribution in [2.75, 3.05) is 0 Å². The van der Waals surface area contributed by atoms with Crippen LogP contribution in [0.4, 0.5) is 0 Å². The lowest BCUT2D eigenvalue weighted by molar-refractivity contribution is 0.0942. The summed E-state index contributed by atoms with van der Waals surface area (Å²) in [5.74, 6) is -0.0621. The lowest BCUT2D eigenvalue weighted by Crippen LogP contribution is -2.26. The maximum atomic E-state index is 12.7. The first-order valence-corrected chi connectivity index (χ1v) is 8.08. The van der Waals surface area contributed by atoms with E-state index in [4.69, 9.17) is 0 Å². The Morgan fingerprint density at radius 1 is 0.917 bits per heavy atom. The molecule has 0 unspecified atom stereocenters. The van der Waals surface area contributed by atoms with Gasteiger partial charge in [-0.3, -0.25) is 4.79 Å². The van der Waals surface area contributed by atoms with E-state index in [-0.39, 0.29) is 11.9 Å². The molecule has 118 valence electrons. The Bertz CT molecular complexity index is 1030. The van der Waals surface area contributed by atoms with Gasteiger partial charge in [-0.25, -0.2) is 0 Å². The first-order chi connectivity index (χ1) is 11.7. The molecule has 1 heterocycles. The molecule has 0 radical (unpaired) electrons. The Labute approximate surface area is 140 Å². The van der Waals surface area contributed by atoms with E-state index in [1.54, 1.807) is 6.20 Å². The van der Waals surface area contributed by atoms with Crippen molar-refractivity contribution in [1.82, 2.24) is 10.3 Å². The molecule has 1 atom stereocenters. The second-order valence-corrected chi connectivity index (χ2v) is 6.01. The van der Waals surface area contributed by atoms with Crippen LogP contribution in [0.3, 0.4) is 0 Å². The summed E-state index contributed by atoms with van der Waals surface area (Å²) in [5, 5.41) is 6.42. The van der Waals surface area contributed by atoms with Gasteiger partial charge in [0, 0.05) is 17.1 Å². The summed E-state index contributed by atoms with van der Waals surface area (Å²) in [6.07, 6.45) is 1.77. The molecule has 4 aromatic rings. The van der Waals surface area contributed by atoms with Crippen LogP contribution < -0.4 is 5.32 Å². The van der Waals surface area contributed by atoms with Crippen molar-refractivity contribution in [3.05, 3.63) is 84.1 Å². The maximum absolute atomic E-state index is 12.7. The second kappa shape index (κ2) is 5.85. The summed E-state index contributed by atoms with van der Waals surface area (Å²) in [7, 11) is 0. The molecule has 3 nitrogen and oxygen atoms in total. The lowest BCUT2D eigenvalue weighted by atomic mass is 9.99. The average Bonchev–Trinajstić information content (AvgIpc) is 3.05. The van der Waals surface area contributed by atoms with Crippen LogP contribution in [0.5, 0.6) is 0 Å². The van der Waals surface area contributed by atoms with E-state index in [2.05, 4.69) is 34.6 Å². The number of aromatic amines is 1. The highest BCUT2D eigenvalue weighted by atomic mass is 16.1. The number of para-hydroxylation sites is 1. The zero-order valence-corrected chi connectivity index (χ0v) is 13.4. The molecule has 0 aliphatic heterocycles. The zero-order chi connectivity index (χ0) is 16.5. The van der Waals surface area contributed by atoms with E-state index in [1.165, 1.54) is 10.8 Å². The number of carbonyl (C=O) groups is 1. The molecule has 0 spiro atoms. The van der Waals surface area contributed by atoms with Crippen LogP contribution in [0, 0.1) is 0 Å². The van der Waals surface area contributed by atoms with Crippen molar-refractivity contribution in [2.24, 2.45) is 0 Å². The second-order valence-electron chi connectivity index (χ2n) is 6.01. The SMILES string of the molecule is C[C@@H](NC(=O)c1c[nH]c2ccccc12)c1cccc2ccccc12. The van der Waals surface area contributed by atoms with E-state index in [0.29, 0.717) is 5.56 Å². The zero-order valence-electron chi connectivity index (χ0n) is 13.4. The van der Waals surface area contributed by atoms with Crippen molar-refractivity contribution in [3.63, 3.8) is 0 Å². The van der Waals surface area contributed by atoms with E-state index in [1.807, 2.05) is 49.4 Å². The van der Waals surface area contributed by atoms with Gasteiger partial charge in [0.25, 0.3) is 5.91 Å². The third-order valence-corrected chi connectivity index (χ3v) is 4.47. The van der Waals surface area contributed by atoms with Gasteiger partial charge in [0.1, 0.15) is 0 Å². The standard InChI is InChI=1S/C21H18N2O/c1-14(16-11-6-8-15-7-2-3-9-17(15)16)23-21(24)19-13-22-20-12-5-4-10-18(19)20/h2-14,22H,1H3,(H,23,24)/t14-/m1/s1. The summed E-state index contributed by atoms with van der Waals surface area (Å²) < 4.78 is 0. The maximum Gasteiger partial charge on any atom is 0.253 e. The number of fused-ring (bicyclic) bond motifs is 2. The Balaban J connectivity index is 1.66. The van der Waals surface area contributed by atoms with Gasteiger partial charge in [-0.15, -0.1) is 0 Å². The molecule has 0 aliphatic carbocycles. The van der Waals surface area contributed by atoms with Crippen molar-refractivity contribution in [3.8, 4) is 0 Å². The topological polar surface area (TPSA) is 44.9 Å². The molecule has 1 aromatic heterocycles.